The van der Waals surface area contributed by atoms with Gasteiger partial charge in [-0.05, 0) is 38.0 Å². The molecule has 0 radical (unpaired) electrons. The third-order valence-electron chi connectivity index (χ3n) is 6.18. The number of carbonyl (C=O) groups excluding carboxylic acids is 2. The topological polar surface area (TPSA) is 130 Å². The van der Waals surface area contributed by atoms with Crippen LogP contribution in [0.4, 0.5) is 0 Å². The summed E-state index contributed by atoms with van der Waals surface area (Å²) in [7, 11) is 0. The molecule has 10 heteroatoms. The smallest absolute Gasteiger partial charge is 0.337 e. The van der Waals surface area contributed by atoms with Crippen LogP contribution in [0.2, 0.25) is 0 Å². The van der Waals surface area contributed by atoms with Gasteiger partial charge >= 0.3 is 5.97 Å². The lowest BCUT2D eigenvalue weighted by Crippen LogP contribution is -2.53. The van der Waals surface area contributed by atoms with Crippen LogP contribution in [0.15, 0.2) is 12.5 Å². The number of halogens is 2. The molecule has 0 spiro atoms. The number of aliphatic hydroxyl groups excluding tert-OH is 1. The largest absolute Gasteiger partial charge is 0.460 e. The van der Waals surface area contributed by atoms with Gasteiger partial charge in [-0.2, -0.15) is 0 Å². The van der Waals surface area contributed by atoms with Crippen LogP contribution in [0.3, 0.4) is 0 Å². The lowest BCUT2D eigenvalue weighted by Gasteiger charge is -2.30. The summed E-state index contributed by atoms with van der Waals surface area (Å²) < 4.78 is 5.49. The SMILES string of the molecule is Cl.Cl.N[C@@H](Cc1cnc[nH]1)C(=O)N[C@@H](CC1CCCCC1)C(O)C(=O)OC1CCCC1. The third kappa shape index (κ3) is 8.60. The summed E-state index contributed by atoms with van der Waals surface area (Å²) in [5.41, 5.74) is 6.80. The van der Waals surface area contributed by atoms with Crippen molar-refractivity contribution in [2.24, 2.45) is 11.7 Å². The molecule has 2 aliphatic carbocycles. The number of hydrogen-bond donors (Lipinski definition) is 4. The minimum absolute atomic E-state index is 0. The molecule has 0 aromatic carbocycles. The summed E-state index contributed by atoms with van der Waals surface area (Å²) in [6.45, 7) is 0. The van der Waals surface area contributed by atoms with Gasteiger partial charge in [0.25, 0.3) is 0 Å². The molecule has 5 N–H and O–H groups in total. The Balaban J connectivity index is 0.00000240. The van der Waals surface area contributed by atoms with E-state index in [2.05, 4.69) is 15.3 Å². The van der Waals surface area contributed by atoms with Crippen LogP contribution in [-0.2, 0) is 20.7 Å². The molecule has 2 aliphatic rings. The molecular formula is C21H36Cl2N4O4. The Labute approximate surface area is 196 Å². The summed E-state index contributed by atoms with van der Waals surface area (Å²) in [5.74, 6) is -0.639. The van der Waals surface area contributed by atoms with Crippen molar-refractivity contribution in [2.75, 3.05) is 0 Å². The number of aliphatic hydroxyl groups is 1. The second-order valence-corrected chi connectivity index (χ2v) is 8.53. The van der Waals surface area contributed by atoms with Crippen molar-refractivity contribution in [2.45, 2.75) is 94.9 Å². The number of nitrogens with one attached hydrogen (secondary N) is 2. The number of amides is 1. The van der Waals surface area contributed by atoms with Gasteiger partial charge in [-0.25, -0.2) is 9.78 Å². The zero-order chi connectivity index (χ0) is 20.6. The Morgan fingerprint density at radius 1 is 1.16 bits per heavy atom. The molecule has 0 aliphatic heterocycles. The quantitative estimate of drug-likeness (QED) is 0.403. The number of imidazole rings is 1. The highest BCUT2D eigenvalue weighted by molar-refractivity contribution is 5.85. The summed E-state index contributed by atoms with van der Waals surface area (Å²) in [6, 6.07) is -1.48. The molecule has 8 nitrogen and oxygen atoms in total. The molecule has 2 fully saturated rings. The van der Waals surface area contributed by atoms with Gasteiger partial charge in [0.2, 0.25) is 5.91 Å². The van der Waals surface area contributed by atoms with E-state index < -0.39 is 24.2 Å². The fraction of sp³-hybridized carbons (Fsp3) is 0.762. The van der Waals surface area contributed by atoms with Gasteiger partial charge < -0.3 is 25.9 Å². The van der Waals surface area contributed by atoms with Crippen LogP contribution in [0.1, 0.15) is 69.9 Å². The third-order valence-corrected chi connectivity index (χ3v) is 6.18. The Hall–Kier alpha value is -1.35. The van der Waals surface area contributed by atoms with Crippen LogP contribution in [0.5, 0.6) is 0 Å². The van der Waals surface area contributed by atoms with Crippen molar-refractivity contribution in [3.63, 3.8) is 0 Å². The Morgan fingerprint density at radius 2 is 1.81 bits per heavy atom. The molecule has 1 aromatic rings. The van der Waals surface area contributed by atoms with Gasteiger partial charge in [0, 0.05) is 18.3 Å². The second kappa shape index (κ2) is 13.9. The molecule has 31 heavy (non-hydrogen) atoms. The number of aromatic nitrogens is 2. The van der Waals surface area contributed by atoms with Crippen LogP contribution in [-0.4, -0.2) is 51.2 Å². The molecule has 0 saturated heterocycles. The van der Waals surface area contributed by atoms with E-state index in [4.69, 9.17) is 10.5 Å². The molecule has 1 heterocycles. The fourth-order valence-electron chi connectivity index (χ4n) is 4.47. The molecule has 178 valence electrons. The minimum atomic E-state index is -1.37. The van der Waals surface area contributed by atoms with Crippen molar-refractivity contribution >= 4 is 36.7 Å². The first-order valence-corrected chi connectivity index (χ1v) is 10.9. The van der Waals surface area contributed by atoms with Gasteiger partial charge in [0.15, 0.2) is 6.10 Å². The highest BCUT2D eigenvalue weighted by Crippen LogP contribution is 2.29. The molecule has 1 amide bonds. The predicted octanol–water partition coefficient (Wildman–Crippen LogP) is 2.42. The van der Waals surface area contributed by atoms with E-state index in [0.29, 0.717) is 18.8 Å². The minimum Gasteiger partial charge on any atom is -0.460 e. The number of carbonyl (C=O) groups is 2. The van der Waals surface area contributed by atoms with E-state index in [-0.39, 0.29) is 36.8 Å². The average Bonchev–Trinajstić information content (AvgIpc) is 3.42. The van der Waals surface area contributed by atoms with Crippen LogP contribution in [0, 0.1) is 5.92 Å². The summed E-state index contributed by atoms with van der Waals surface area (Å²) in [6.07, 6.45) is 11.9. The van der Waals surface area contributed by atoms with Crippen molar-refractivity contribution in [3.05, 3.63) is 18.2 Å². The first-order chi connectivity index (χ1) is 14.0. The van der Waals surface area contributed by atoms with Crippen LogP contribution in [0.25, 0.3) is 0 Å². The molecule has 2 saturated carbocycles. The predicted molar refractivity (Wildman–Crippen MR) is 122 cm³/mol. The summed E-state index contributed by atoms with van der Waals surface area (Å²) in [5, 5.41) is 13.5. The fourth-order valence-corrected chi connectivity index (χ4v) is 4.47. The maximum atomic E-state index is 12.7. The van der Waals surface area contributed by atoms with Crippen molar-refractivity contribution in [3.8, 4) is 0 Å². The standard InChI is InChI=1S/C21H34N4O4.2ClH/c22-17(11-15-12-23-13-24-15)20(27)25-18(10-14-6-2-1-3-7-14)19(26)21(28)29-16-8-4-5-9-16;;/h12-14,16-19,26H,1-11,22H2,(H,23,24)(H,25,27);2*1H/t17-,18-,19?;;/m0../s1. The van der Waals surface area contributed by atoms with E-state index in [1.807, 2.05) is 0 Å². The van der Waals surface area contributed by atoms with E-state index >= 15 is 0 Å². The Morgan fingerprint density at radius 3 is 2.42 bits per heavy atom. The number of aromatic amines is 1. The van der Waals surface area contributed by atoms with Crippen molar-refractivity contribution in [1.29, 1.82) is 0 Å². The van der Waals surface area contributed by atoms with Gasteiger partial charge in [-0.15, -0.1) is 24.8 Å². The monoisotopic (exact) mass is 478 g/mol. The van der Waals surface area contributed by atoms with Gasteiger partial charge in [0.1, 0.15) is 6.10 Å². The molecular weight excluding hydrogens is 443 g/mol. The Kier molecular flexibility index (Phi) is 12.4. The zero-order valence-electron chi connectivity index (χ0n) is 17.8. The maximum Gasteiger partial charge on any atom is 0.337 e. The highest BCUT2D eigenvalue weighted by Gasteiger charge is 2.34. The maximum absolute atomic E-state index is 12.7. The second-order valence-electron chi connectivity index (χ2n) is 8.53. The zero-order valence-corrected chi connectivity index (χ0v) is 19.5. The normalized spacial score (nSPS) is 20.1. The number of nitrogens with two attached hydrogens (primary N) is 1. The van der Waals surface area contributed by atoms with Crippen molar-refractivity contribution in [1.82, 2.24) is 15.3 Å². The highest BCUT2D eigenvalue weighted by atomic mass is 35.5. The van der Waals surface area contributed by atoms with Gasteiger partial charge in [-0.3, -0.25) is 4.79 Å². The Bertz CT molecular complexity index is 650. The van der Waals surface area contributed by atoms with E-state index in [1.54, 1.807) is 6.20 Å². The van der Waals surface area contributed by atoms with E-state index in [0.717, 1.165) is 57.1 Å². The van der Waals surface area contributed by atoms with E-state index in [1.165, 1.54) is 12.7 Å². The number of H-pyrrole nitrogens is 1. The molecule has 1 aromatic heterocycles. The molecule has 3 rings (SSSR count). The lowest BCUT2D eigenvalue weighted by molar-refractivity contribution is -0.161. The number of ether oxygens (including phenoxy) is 1. The van der Waals surface area contributed by atoms with Crippen LogP contribution < -0.4 is 11.1 Å². The molecule has 1 unspecified atom stereocenters. The molecule has 0 bridgehead atoms. The number of hydrogen-bond acceptors (Lipinski definition) is 6. The first kappa shape index (κ1) is 27.7. The number of nitrogens with zero attached hydrogens (tertiary/aromatic N) is 1. The number of esters is 1. The first-order valence-electron chi connectivity index (χ1n) is 10.9. The number of rotatable bonds is 9. The average molecular weight is 479 g/mol. The lowest BCUT2D eigenvalue weighted by atomic mass is 9.83. The van der Waals surface area contributed by atoms with Gasteiger partial charge in [-0.1, -0.05) is 32.1 Å². The summed E-state index contributed by atoms with van der Waals surface area (Å²) in [4.78, 5) is 32.0. The van der Waals surface area contributed by atoms with Crippen molar-refractivity contribution < 1.29 is 19.4 Å². The van der Waals surface area contributed by atoms with E-state index in [9.17, 15) is 14.7 Å². The van der Waals surface area contributed by atoms with Crippen LogP contribution >= 0.6 is 24.8 Å². The molecule has 3 atom stereocenters. The summed E-state index contributed by atoms with van der Waals surface area (Å²) >= 11 is 0. The van der Waals surface area contributed by atoms with Gasteiger partial charge in [0.05, 0.1) is 18.4 Å².